The van der Waals surface area contributed by atoms with Gasteiger partial charge in [0.05, 0.1) is 0 Å². The molecule has 1 aromatic rings. The minimum Gasteiger partial charge on any atom is -0.354 e. The standard InChI is InChI=1S/C15H27N5/c1-13-12-15(18-14(2)17-13)20-10-8-19(9-11-20)7-5-3-4-6-16/h12H,3-11,16H2,1-2H3. The highest BCUT2D eigenvalue weighted by atomic mass is 15.3. The van der Waals surface area contributed by atoms with Crippen LogP contribution in [0, 0.1) is 13.8 Å². The Kier molecular flexibility index (Phi) is 5.73. The summed E-state index contributed by atoms with van der Waals surface area (Å²) in [6.45, 7) is 10.4. The lowest BCUT2D eigenvalue weighted by molar-refractivity contribution is 0.252. The first-order valence-electron chi connectivity index (χ1n) is 7.68. The summed E-state index contributed by atoms with van der Waals surface area (Å²) in [5, 5.41) is 0. The van der Waals surface area contributed by atoms with Gasteiger partial charge in [-0.2, -0.15) is 0 Å². The molecule has 2 N–H and O–H groups in total. The van der Waals surface area contributed by atoms with E-state index >= 15 is 0 Å². The molecule has 0 spiro atoms. The van der Waals surface area contributed by atoms with E-state index in [1.54, 1.807) is 0 Å². The van der Waals surface area contributed by atoms with Gasteiger partial charge >= 0.3 is 0 Å². The van der Waals surface area contributed by atoms with Gasteiger partial charge in [-0.1, -0.05) is 6.42 Å². The summed E-state index contributed by atoms with van der Waals surface area (Å²) in [5.74, 6) is 1.95. The molecule has 0 unspecified atom stereocenters. The predicted molar refractivity (Wildman–Crippen MR) is 83.1 cm³/mol. The van der Waals surface area contributed by atoms with Crippen LogP contribution in [-0.4, -0.2) is 54.1 Å². The molecule has 0 atom stereocenters. The average molecular weight is 277 g/mol. The van der Waals surface area contributed by atoms with Gasteiger partial charge in [-0.05, 0) is 39.8 Å². The molecule has 1 aliphatic heterocycles. The van der Waals surface area contributed by atoms with E-state index in [4.69, 9.17) is 5.73 Å². The summed E-state index contributed by atoms with van der Waals surface area (Å²) >= 11 is 0. The lowest BCUT2D eigenvalue weighted by Crippen LogP contribution is -2.47. The Balaban J connectivity index is 1.79. The first-order valence-corrected chi connectivity index (χ1v) is 7.68. The predicted octanol–water partition coefficient (Wildman–Crippen LogP) is 1.34. The van der Waals surface area contributed by atoms with Crippen molar-refractivity contribution < 1.29 is 0 Å². The monoisotopic (exact) mass is 277 g/mol. The van der Waals surface area contributed by atoms with Gasteiger partial charge < -0.3 is 10.6 Å². The molecule has 1 fully saturated rings. The van der Waals surface area contributed by atoms with E-state index < -0.39 is 0 Å². The molecule has 0 bridgehead atoms. The van der Waals surface area contributed by atoms with Crippen molar-refractivity contribution in [1.29, 1.82) is 0 Å². The van der Waals surface area contributed by atoms with Crippen LogP contribution in [0.5, 0.6) is 0 Å². The quantitative estimate of drug-likeness (QED) is 0.795. The molecule has 2 heterocycles. The molecular formula is C15H27N5. The Morgan fingerprint density at radius 1 is 1.05 bits per heavy atom. The Morgan fingerprint density at radius 2 is 1.80 bits per heavy atom. The second-order valence-corrected chi connectivity index (χ2v) is 5.59. The zero-order valence-electron chi connectivity index (χ0n) is 12.8. The number of anilines is 1. The maximum absolute atomic E-state index is 5.52. The molecule has 0 aromatic carbocycles. The highest BCUT2D eigenvalue weighted by Crippen LogP contribution is 2.15. The molecule has 0 aliphatic carbocycles. The lowest BCUT2D eigenvalue weighted by atomic mass is 10.2. The number of hydrogen-bond acceptors (Lipinski definition) is 5. The number of aromatic nitrogens is 2. The minimum atomic E-state index is 0.820. The first-order chi connectivity index (χ1) is 9.69. The molecule has 112 valence electrons. The molecule has 0 saturated carbocycles. The highest BCUT2D eigenvalue weighted by Gasteiger charge is 2.18. The van der Waals surface area contributed by atoms with E-state index in [9.17, 15) is 0 Å². The van der Waals surface area contributed by atoms with Crippen LogP contribution in [0.3, 0.4) is 0 Å². The van der Waals surface area contributed by atoms with Gasteiger partial charge in [0.25, 0.3) is 0 Å². The highest BCUT2D eigenvalue weighted by molar-refractivity contribution is 5.40. The van der Waals surface area contributed by atoms with Gasteiger partial charge in [0.2, 0.25) is 0 Å². The number of nitrogens with zero attached hydrogens (tertiary/aromatic N) is 4. The fraction of sp³-hybridized carbons (Fsp3) is 0.733. The third kappa shape index (κ3) is 4.42. The Bertz CT molecular complexity index is 392. The number of unbranched alkanes of at least 4 members (excludes halogenated alkanes) is 2. The van der Waals surface area contributed by atoms with Crippen molar-refractivity contribution in [2.75, 3.05) is 44.2 Å². The molecule has 5 heteroatoms. The van der Waals surface area contributed by atoms with Crippen LogP contribution in [0.4, 0.5) is 5.82 Å². The van der Waals surface area contributed by atoms with Crippen molar-refractivity contribution in [1.82, 2.24) is 14.9 Å². The largest absolute Gasteiger partial charge is 0.354 e. The van der Waals surface area contributed by atoms with Gasteiger partial charge in [-0.25, -0.2) is 9.97 Å². The van der Waals surface area contributed by atoms with E-state index in [-0.39, 0.29) is 0 Å². The zero-order chi connectivity index (χ0) is 14.4. The normalized spacial score (nSPS) is 16.6. The maximum atomic E-state index is 5.52. The average Bonchev–Trinajstić information content (AvgIpc) is 2.43. The summed E-state index contributed by atoms with van der Waals surface area (Å²) in [4.78, 5) is 13.8. The number of hydrogen-bond donors (Lipinski definition) is 1. The van der Waals surface area contributed by atoms with Crippen LogP contribution < -0.4 is 10.6 Å². The van der Waals surface area contributed by atoms with E-state index in [0.29, 0.717) is 0 Å². The van der Waals surface area contributed by atoms with Gasteiger partial charge in [0, 0.05) is 37.9 Å². The Labute approximate surface area is 122 Å². The summed E-state index contributed by atoms with van der Waals surface area (Å²) in [6.07, 6.45) is 3.67. The lowest BCUT2D eigenvalue weighted by Gasteiger charge is -2.35. The van der Waals surface area contributed by atoms with Crippen molar-refractivity contribution >= 4 is 5.82 Å². The summed E-state index contributed by atoms with van der Waals surface area (Å²) in [6, 6.07) is 2.09. The van der Waals surface area contributed by atoms with Crippen LogP contribution in [0.15, 0.2) is 6.07 Å². The zero-order valence-corrected chi connectivity index (χ0v) is 12.8. The second-order valence-electron chi connectivity index (χ2n) is 5.59. The molecule has 20 heavy (non-hydrogen) atoms. The van der Waals surface area contributed by atoms with Crippen LogP contribution in [-0.2, 0) is 0 Å². The summed E-state index contributed by atoms with van der Waals surface area (Å²) in [7, 11) is 0. The minimum absolute atomic E-state index is 0.820. The summed E-state index contributed by atoms with van der Waals surface area (Å²) in [5.41, 5.74) is 6.57. The van der Waals surface area contributed by atoms with Crippen LogP contribution in [0.1, 0.15) is 30.8 Å². The third-order valence-corrected chi connectivity index (χ3v) is 3.83. The van der Waals surface area contributed by atoms with Gasteiger partial charge in [0.1, 0.15) is 11.6 Å². The smallest absolute Gasteiger partial charge is 0.132 e. The maximum Gasteiger partial charge on any atom is 0.132 e. The van der Waals surface area contributed by atoms with E-state index in [0.717, 1.165) is 56.5 Å². The Hall–Kier alpha value is -1.20. The SMILES string of the molecule is Cc1cc(N2CCN(CCCCCN)CC2)nc(C)n1. The Morgan fingerprint density at radius 3 is 2.45 bits per heavy atom. The number of piperazine rings is 1. The van der Waals surface area contributed by atoms with E-state index in [1.165, 1.54) is 19.4 Å². The van der Waals surface area contributed by atoms with Crippen molar-refractivity contribution in [3.63, 3.8) is 0 Å². The fourth-order valence-electron chi connectivity index (χ4n) is 2.72. The molecule has 5 nitrogen and oxygen atoms in total. The number of rotatable bonds is 6. The first kappa shape index (κ1) is 15.2. The number of aryl methyl sites for hydroxylation is 2. The molecular weight excluding hydrogens is 250 g/mol. The van der Waals surface area contributed by atoms with E-state index in [1.807, 2.05) is 13.8 Å². The van der Waals surface area contributed by atoms with Crippen LogP contribution in [0.2, 0.25) is 0 Å². The molecule has 1 saturated heterocycles. The topological polar surface area (TPSA) is 58.3 Å². The van der Waals surface area contributed by atoms with Gasteiger partial charge in [-0.15, -0.1) is 0 Å². The van der Waals surface area contributed by atoms with Crippen molar-refractivity contribution in [3.8, 4) is 0 Å². The van der Waals surface area contributed by atoms with Crippen molar-refractivity contribution in [2.45, 2.75) is 33.1 Å². The fourth-order valence-corrected chi connectivity index (χ4v) is 2.72. The molecule has 2 rings (SSSR count). The van der Waals surface area contributed by atoms with Crippen LogP contribution in [0.25, 0.3) is 0 Å². The van der Waals surface area contributed by atoms with Gasteiger partial charge in [0.15, 0.2) is 0 Å². The second kappa shape index (κ2) is 7.55. The number of nitrogens with two attached hydrogens (primary N) is 1. The molecule has 0 amide bonds. The summed E-state index contributed by atoms with van der Waals surface area (Å²) < 4.78 is 0. The van der Waals surface area contributed by atoms with Crippen molar-refractivity contribution in [2.24, 2.45) is 5.73 Å². The molecule has 1 aliphatic rings. The van der Waals surface area contributed by atoms with Crippen LogP contribution >= 0.6 is 0 Å². The molecule has 1 aromatic heterocycles. The van der Waals surface area contributed by atoms with E-state index in [2.05, 4.69) is 25.8 Å². The third-order valence-electron chi connectivity index (χ3n) is 3.83. The van der Waals surface area contributed by atoms with Gasteiger partial charge in [-0.3, -0.25) is 4.90 Å². The van der Waals surface area contributed by atoms with Crippen molar-refractivity contribution in [3.05, 3.63) is 17.6 Å². The molecule has 0 radical (unpaired) electrons.